The first-order valence-electron chi connectivity index (χ1n) is 15.6. The Hall–Kier alpha value is -4.28. The lowest BCUT2D eigenvalue weighted by atomic mass is 9.98. The molecule has 1 aliphatic rings. The van der Waals surface area contributed by atoms with Gasteiger partial charge in [-0.1, -0.05) is 36.4 Å². The molecule has 0 saturated heterocycles. The Labute approximate surface area is 283 Å². The summed E-state index contributed by atoms with van der Waals surface area (Å²) in [6.07, 6.45) is 3.42. The van der Waals surface area contributed by atoms with E-state index in [1.807, 2.05) is 49.4 Å². The number of aryl methyl sites for hydroxylation is 4. The van der Waals surface area contributed by atoms with Gasteiger partial charge in [-0.05, 0) is 78.2 Å². The molecule has 1 aliphatic heterocycles. The molecule has 1 N–H and O–H groups in total. The fraction of sp³-hybridized carbons (Fsp3) is 0.297. The summed E-state index contributed by atoms with van der Waals surface area (Å²) in [5.74, 6) is 2.16. The topological polar surface area (TPSA) is 84.7 Å². The van der Waals surface area contributed by atoms with Crippen molar-refractivity contribution in [2.75, 3.05) is 19.4 Å². The number of nitrogens with zero attached hydrogens (tertiary/aromatic N) is 5. The molecule has 5 aromatic rings. The quantitative estimate of drug-likeness (QED) is 0.121. The summed E-state index contributed by atoms with van der Waals surface area (Å²) in [7, 11) is 5.68. The normalized spacial score (nSPS) is 16.0. The SMILES string of the molecule is C=[N+](C)/N=C(C)\C1=C\c2c(C)ccc3c(c(C(=O)O)n(C)c23)CCCOc2cc(cc3ccccc23)SCc2cc(nn2C)CSC1. The van der Waals surface area contributed by atoms with Crippen molar-refractivity contribution in [1.82, 2.24) is 14.3 Å². The van der Waals surface area contributed by atoms with Gasteiger partial charge in [-0.2, -0.15) is 16.9 Å². The minimum absolute atomic E-state index is 0.316. The molecule has 6 rings (SSSR count). The zero-order valence-electron chi connectivity index (χ0n) is 27.5. The molecule has 8 bridgehead atoms. The Morgan fingerprint density at radius 3 is 2.68 bits per heavy atom. The van der Waals surface area contributed by atoms with Gasteiger partial charge in [0, 0.05) is 58.3 Å². The van der Waals surface area contributed by atoms with Crippen LogP contribution in [0.3, 0.4) is 0 Å². The van der Waals surface area contributed by atoms with Crippen LogP contribution in [-0.4, -0.2) is 61.9 Å². The molecule has 0 amide bonds. The zero-order chi connectivity index (χ0) is 33.2. The van der Waals surface area contributed by atoms with Crippen LogP contribution in [0.4, 0.5) is 0 Å². The van der Waals surface area contributed by atoms with Crippen LogP contribution in [0.15, 0.2) is 70.2 Å². The van der Waals surface area contributed by atoms with E-state index in [1.165, 1.54) is 0 Å². The molecule has 0 radical (unpaired) electrons. The van der Waals surface area contributed by atoms with Crippen molar-refractivity contribution in [3.05, 3.63) is 93.9 Å². The standard InChI is InChI=1S/C37H39N5O3S2/c1-23-13-14-32-31-12-9-15-45-34-19-29(16-25-10-7-8-11-30(25)34)47-22-28-18-27(39-42(28)6)21-46-20-26(24(2)38-40(3)4)17-33(23)35(32)41(5)36(31)37(43)44/h7-8,10-11,13-14,16-19H,3,9,12,15,20-22H2,1-2,4-6H3/p+1/b26-17+,38-24-. The lowest BCUT2D eigenvalue weighted by Crippen LogP contribution is -2.09. The van der Waals surface area contributed by atoms with Gasteiger partial charge in [0.25, 0.3) is 0 Å². The predicted octanol–water partition coefficient (Wildman–Crippen LogP) is 7.72. The maximum Gasteiger partial charge on any atom is 0.352 e. The van der Waals surface area contributed by atoms with E-state index in [0.29, 0.717) is 30.9 Å². The maximum absolute atomic E-state index is 12.7. The molecule has 10 heteroatoms. The van der Waals surface area contributed by atoms with E-state index in [1.54, 1.807) is 28.2 Å². The molecule has 3 aromatic carbocycles. The average molecular weight is 667 g/mol. The van der Waals surface area contributed by atoms with E-state index in [4.69, 9.17) is 9.84 Å². The van der Waals surface area contributed by atoms with Crippen molar-refractivity contribution in [3.63, 3.8) is 0 Å². The van der Waals surface area contributed by atoms with Crippen LogP contribution in [-0.2, 0) is 32.0 Å². The Balaban J connectivity index is 1.47. The van der Waals surface area contributed by atoms with Gasteiger partial charge < -0.3 is 14.4 Å². The Morgan fingerprint density at radius 1 is 1.09 bits per heavy atom. The number of hydrogen-bond donors (Lipinski definition) is 1. The number of carbonyl (C=O) groups is 1. The molecular formula is C37H40N5O3S2+. The Morgan fingerprint density at radius 2 is 1.89 bits per heavy atom. The lowest BCUT2D eigenvalue weighted by molar-refractivity contribution is -0.493. The van der Waals surface area contributed by atoms with Crippen molar-refractivity contribution in [2.24, 2.45) is 19.2 Å². The highest BCUT2D eigenvalue weighted by atomic mass is 32.2. The smallest absolute Gasteiger partial charge is 0.352 e. The first kappa shape index (κ1) is 32.7. The Kier molecular flexibility index (Phi) is 9.61. The second kappa shape index (κ2) is 13.8. The second-order valence-electron chi connectivity index (χ2n) is 12.0. The molecule has 0 saturated carbocycles. The summed E-state index contributed by atoms with van der Waals surface area (Å²) in [6.45, 7) is 8.47. The van der Waals surface area contributed by atoms with Gasteiger partial charge in [0.2, 0.25) is 0 Å². The van der Waals surface area contributed by atoms with Gasteiger partial charge in [-0.25, -0.2) is 4.79 Å². The average Bonchev–Trinajstić information content (AvgIpc) is 3.53. The summed E-state index contributed by atoms with van der Waals surface area (Å²) >= 11 is 3.56. The number of carboxylic acids is 1. The van der Waals surface area contributed by atoms with Gasteiger partial charge in [0.15, 0.2) is 13.8 Å². The van der Waals surface area contributed by atoms with Gasteiger partial charge >= 0.3 is 5.97 Å². The van der Waals surface area contributed by atoms with Crippen molar-refractivity contribution in [1.29, 1.82) is 0 Å². The monoisotopic (exact) mass is 666 g/mol. The van der Waals surface area contributed by atoms with E-state index in [9.17, 15) is 9.90 Å². The van der Waals surface area contributed by atoms with Gasteiger partial charge in [0.1, 0.15) is 17.2 Å². The number of carboxylic acid groups (broad SMARTS) is 1. The molecule has 8 nitrogen and oxygen atoms in total. The third kappa shape index (κ3) is 6.89. The third-order valence-electron chi connectivity index (χ3n) is 8.57. The maximum atomic E-state index is 12.7. The van der Waals surface area contributed by atoms with E-state index in [0.717, 1.165) is 83.2 Å². The van der Waals surface area contributed by atoms with Crippen LogP contribution < -0.4 is 4.74 Å². The number of thioether (sulfide) groups is 2. The van der Waals surface area contributed by atoms with E-state index < -0.39 is 5.97 Å². The highest BCUT2D eigenvalue weighted by Gasteiger charge is 2.23. The van der Waals surface area contributed by atoms with Crippen LogP contribution in [0.25, 0.3) is 27.8 Å². The molecule has 0 spiro atoms. The first-order valence-corrected chi connectivity index (χ1v) is 17.8. The molecule has 0 fully saturated rings. The highest BCUT2D eigenvalue weighted by Crippen LogP contribution is 2.36. The molecule has 0 atom stereocenters. The number of aromatic nitrogens is 3. The van der Waals surface area contributed by atoms with Crippen LogP contribution in [0.5, 0.6) is 5.75 Å². The number of hydrogen-bond acceptors (Lipinski definition) is 6. The summed E-state index contributed by atoms with van der Waals surface area (Å²) in [5, 5.41) is 23.0. The Bertz CT molecular complexity index is 2090. The van der Waals surface area contributed by atoms with Crippen molar-refractivity contribution < 1.29 is 19.3 Å². The van der Waals surface area contributed by atoms with Crippen LogP contribution in [0.1, 0.15) is 51.9 Å². The van der Waals surface area contributed by atoms with Crippen molar-refractivity contribution >= 4 is 69.7 Å². The van der Waals surface area contributed by atoms with Crippen LogP contribution in [0, 0.1) is 6.92 Å². The summed E-state index contributed by atoms with van der Waals surface area (Å²) in [4.78, 5) is 13.8. The minimum atomic E-state index is -0.931. The lowest BCUT2D eigenvalue weighted by Gasteiger charge is -2.12. The fourth-order valence-electron chi connectivity index (χ4n) is 6.29. The molecule has 0 aliphatic carbocycles. The number of benzene rings is 3. The predicted molar refractivity (Wildman–Crippen MR) is 196 cm³/mol. The fourth-order valence-corrected chi connectivity index (χ4v) is 8.24. The van der Waals surface area contributed by atoms with Gasteiger partial charge in [0.05, 0.1) is 17.8 Å². The molecule has 47 heavy (non-hydrogen) atoms. The van der Waals surface area contributed by atoms with E-state index in [2.05, 4.69) is 67.3 Å². The molecule has 3 heterocycles. The second-order valence-corrected chi connectivity index (χ2v) is 14.1. The van der Waals surface area contributed by atoms with Gasteiger partial charge in [-0.15, -0.1) is 16.4 Å². The van der Waals surface area contributed by atoms with Crippen molar-refractivity contribution in [2.45, 2.75) is 43.1 Å². The molecule has 242 valence electrons. The molecular weight excluding hydrogens is 627 g/mol. The minimum Gasteiger partial charge on any atom is -0.493 e. The van der Waals surface area contributed by atoms with Crippen LogP contribution in [0.2, 0.25) is 0 Å². The molecule has 2 aromatic heterocycles. The van der Waals surface area contributed by atoms with Crippen molar-refractivity contribution in [3.8, 4) is 5.75 Å². The largest absolute Gasteiger partial charge is 0.493 e. The highest BCUT2D eigenvalue weighted by molar-refractivity contribution is 7.98. The zero-order valence-corrected chi connectivity index (χ0v) is 29.2. The first-order chi connectivity index (χ1) is 22.6. The van der Waals surface area contributed by atoms with Gasteiger partial charge in [-0.3, -0.25) is 4.68 Å². The summed E-state index contributed by atoms with van der Waals surface area (Å²) in [5.41, 5.74) is 8.23. The summed E-state index contributed by atoms with van der Waals surface area (Å²) in [6, 6.07) is 19.0. The number of aromatic carboxylic acids is 1. The molecule has 0 unspecified atom stereocenters. The van der Waals surface area contributed by atoms with E-state index in [-0.39, 0.29) is 0 Å². The summed E-state index contributed by atoms with van der Waals surface area (Å²) < 4.78 is 11.8. The van der Waals surface area contributed by atoms with Crippen LogP contribution >= 0.6 is 23.5 Å². The van der Waals surface area contributed by atoms with E-state index >= 15 is 0 Å². The number of hydrazone groups is 1. The number of fused-ring (bicyclic) bond motifs is 6. The third-order valence-corrected chi connectivity index (χ3v) is 10.6. The number of ether oxygens (including phenoxy) is 1. The number of rotatable bonds is 3.